The Hall–Kier alpha value is -1.14. The van der Waals surface area contributed by atoms with E-state index in [-0.39, 0.29) is 11.7 Å². The maximum Gasteiger partial charge on any atom is 0.340 e. The van der Waals surface area contributed by atoms with Gasteiger partial charge in [0, 0.05) is 18.3 Å². The van der Waals surface area contributed by atoms with Gasteiger partial charge in [0.25, 0.3) is 0 Å². The van der Waals surface area contributed by atoms with Crippen molar-refractivity contribution in [3.8, 4) is 0 Å². The fourth-order valence-electron chi connectivity index (χ4n) is 3.23. The van der Waals surface area contributed by atoms with Crippen molar-refractivity contribution in [2.75, 3.05) is 12.4 Å². The molecule has 2 fully saturated rings. The van der Waals surface area contributed by atoms with Crippen LogP contribution in [0.25, 0.3) is 0 Å². The molecule has 0 amide bonds. The van der Waals surface area contributed by atoms with E-state index < -0.39 is 5.97 Å². The molecule has 0 spiro atoms. The maximum absolute atomic E-state index is 11.5. The van der Waals surface area contributed by atoms with Gasteiger partial charge in [0.2, 0.25) is 0 Å². The highest BCUT2D eigenvalue weighted by Gasteiger charge is 2.25. The number of aryl methyl sites for hydroxylation is 1. The monoisotopic (exact) mass is 322 g/mol. The topological polar surface area (TPSA) is 72.3 Å². The van der Waals surface area contributed by atoms with Crippen LogP contribution in [0.5, 0.6) is 0 Å². The number of nitrogens with zero attached hydrogens (tertiary/aromatic N) is 2. The van der Waals surface area contributed by atoms with E-state index in [4.69, 9.17) is 4.74 Å². The molecule has 2 aliphatic rings. The fourth-order valence-corrected chi connectivity index (χ4v) is 4.38. The van der Waals surface area contributed by atoms with Gasteiger partial charge in [-0.25, -0.2) is 14.8 Å². The molecule has 1 aliphatic carbocycles. The molecular weight excluding hydrogens is 300 g/mol. The van der Waals surface area contributed by atoms with E-state index in [0.717, 1.165) is 43.9 Å². The average molecular weight is 322 g/mol. The normalized spacial score (nSPS) is 22.3. The zero-order chi connectivity index (χ0) is 15.5. The minimum Gasteiger partial charge on any atom is -0.478 e. The molecule has 1 aliphatic heterocycles. The molecule has 5 nitrogen and oxygen atoms in total. The highest BCUT2D eigenvalue weighted by atomic mass is 32.2. The van der Waals surface area contributed by atoms with Crippen molar-refractivity contribution in [1.29, 1.82) is 0 Å². The summed E-state index contributed by atoms with van der Waals surface area (Å²) in [5, 5.41) is 10.1. The van der Waals surface area contributed by atoms with Gasteiger partial charge in [-0.15, -0.1) is 11.8 Å². The number of carbonyl (C=O) groups is 1. The molecule has 3 rings (SSSR count). The molecule has 1 unspecified atom stereocenters. The lowest BCUT2D eigenvalue weighted by Crippen LogP contribution is -2.14. The molecule has 2 heterocycles. The van der Waals surface area contributed by atoms with Crippen LogP contribution in [0.3, 0.4) is 0 Å². The minimum atomic E-state index is -0.940. The molecule has 6 heteroatoms. The van der Waals surface area contributed by atoms with Crippen LogP contribution in [0.2, 0.25) is 0 Å². The van der Waals surface area contributed by atoms with Crippen molar-refractivity contribution in [3.05, 3.63) is 17.1 Å². The van der Waals surface area contributed by atoms with Crippen LogP contribution in [-0.2, 0) is 4.74 Å². The maximum atomic E-state index is 11.5. The predicted octanol–water partition coefficient (Wildman–Crippen LogP) is 3.41. The van der Waals surface area contributed by atoms with E-state index in [0.29, 0.717) is 16.6 Å². The van der Waals surface area contributed by atoms with Gasteiger partial charge >= 0.3 is 5.97 Å². The van der Waals surface area contributed by atoms with E-state index in [1.807, 2.05) is 0 Å². The van der Waals surface area contributed by atoms with Crippen molar-refractivity contribution in [2.24, 2.45) is 0 Å². The lowest BCUT2D eigenvalue weighted by atomic mass is 10.1. The lowest BCUT2D eigenvalue weighted by molar-refractivity contribution is 0.0690. The third-order valence-electron chi connectivity index (χ3n) is 4.44. The summed E-state index contributed by atoms with van der Waals surface area (Å²) in [6.07, 6.45) is 7.01. The Balaban J connectivity index is 1.84. The summed E-state index contributed by atoms with van der Waals surface area (Å²) in [6.45, 7) is 2.59. The summed E-state index contributed by atoms with van der Waals surface area (Å²) in [4.78, 5) is 20.6. The molecule has 1 N–H and O–H groups in total. The first kappa shape index (κ1) is 15.7. The largest absolute Gasteiger partial charge is 0.478 e. The van der Waals surface area contributed by atoms with Crippen molar-refractivity contribution >= 4 is 17.7 Å². The van der Waals surface area contributed by atoms with Gasteiger partial charge in [-0.1, -0.05) is 12.8 Å². The standard InChI is InChI=1S/C16H22N2O3S/c1-10-13(16(19)20)15(22-9-12-7-4-8-21-12)18-14(17-10)11-5-2-3-6-11/h11-12H,2-9H2,1H3,(H,19,20). The molecule has 0 radical (unpaired) electrons. The molecule has 120 valence electrons. The Morgan fingerprint density at radius 3 is 2.68 bits per heavy atom. The first-order valence-corrected chi connectivity index (χ1v) is 9.00. The minimum absolute atomic E-state index is 0.219. The number of aromatic carboxylic acids is 1. The summed E-state index contributed by atoms with van der Waals surface area (Å²) in [5.74, 6) is 1.05. The van der Waals surface area contributed by atoms with Crippen LogP contribution in [0.15, 0.2) is 5.03 Å². The second-order valence-electron chi connectivity index (χ2n) is 6.08. The van der Waals surface area contributed by atoms with Crippen molar-refractivity contribution < 1.29 is 14.6 Å². The number of hydrogen-bond donors (Lipinski definition) is 1. The molecule has 0 bridgehead atoms. The van der Waals surface area contributed by atoms with Crippen molar-refractivity contribution in [1.82, 2.24) is 9.97 Å². The summed E-state index contributed by atoms with van der Waals surface area (Å²) >= 11 is 1.50. The molecule has 1 aromatic heterocycles. The molecule has 22 heavy (non-hydrogen) atoms. The second-order valence-corrected chi connectivity index (χ2v) is 7.09. The van der Waals surface area contributed by atoms with Crippen LogP contribution >= 0.6 is 11.8 Å². The number of rotatable bonds is 5. The van der Waals surface area contributed by atoms with Gasteiger partial charge in [-0.05, 0) is 32.6 Å². The predicted molar refractivity (Wildman–Crippen MR) is 84.6 cm³/mol. The Morgan fingerprint density at radius 1 is 1.27 bits per heavy atom. The summed E-state index contributed by atoms with van der Waals surface area (Å²) in [6, 6.07) is 0. The Bertz CT molecular complexity index is 553. The van der Waals surface area contributed by atoms with Gasteiger partial charge in [0.1, 0.15) is 16.4 Å². The zero-order valence-electron chi connectivity index (χ0n) is 12.9. The second kappa shape index (κ2) is 6.96. The van der Waals surface area contributed by atoms with E-state index in [2.05, 4.69) is 9.97 Å². The Labute approximate surface area is 134 Å². The van der Waals surface area contributed by atoms with Crippen LogP contribution < -0.4 is 0 Å². The van der Waals surface area contributed by atoms with E-state index >= 15 is 0 Å². The summed E-state index contributed by atoms with van der Waals surface area (Å²) in [7, 11) is 0. The number of thioether (sulfide) groups is 1. The van der Waals surface area contributed by atoms with Crippen molar-refractivity contribution in [2.45, 2.75) is 62.5 Å². The van der Waals surface area contributed by atoms with E-state index in [1.54, 1.807) is 6.92 Å². The number of aromatic nitrogens is 2. The fraction of sp³-hybridized carbons (Fsp3) is 0.688. The van der Waals surface area contributed by atoms with E-state index in [1.165, 1.54) is 24.6 Å². The van der Waals surface area contributed by atoms with Crippen LogP contribution in [-0.4, -0.2) is 39.5 Å². The van der Waals surface area contributed by atoms with Crippen LogP contribution in [0.1, 0.15) is 66.3 Å². The number of hydrogen-bond acceptors (Lipinski definition) is 5. The van der Waals surface area contributed by atoms with Gasteiger partial charge in [-0.2, -0.15) is 0 Å². The highest BCUT2D eigenvalue weighted by Crippen LogP contribution is 2.34. The molecule has 0 aromatic carbocycles. The van der Waals surface area contributed by atoms with Gasteiger partial charge in [-0.3, -0.25) is 0 Å². The zero-order valence-corrected chi connectivity index (χ0v) is 13.7. The number of carboxylic acid groups (broad SMARTS) is 1. The van der Waals surface area contributed by atoms with Gasteiger partial charge in [0.15, 0.2) is 0 Å². The third kappa shape index (κ3) is 3.43. The third-order valence-corrected chi connectivity index (χ3v) is 5.55. The average Bonchev–Trinajstić information content (AvgIpc) is 3.17. The quantitative estimate of drug-likeness (QED) is 0.661. The smallest absolute Gasteiger partial charge is 0.340 e. The summed E-state index contributed by atoms with van der Waals surface area (Å²) in [5.41, 5.74) is 0.837. The Morgan fingerprint density at radius 2 is 2.05 bits per heavy atom. The molecule has 1 aromatic rings. The molecule has 1 saturated heterocycles. The molecule has 1 atom stereocenters. The van der Waals surface area contributed by atoms with E-state index in [9.17, 15) is 9.90 Å². The highest BCUT2D eigenvalue weighted by molar-refractivity contribution is 7.99. The first-order valence-electron chi connectivity index (χ1n) is 8.01. The van der Waals surface area contributed by atoms with Gasteiger partial charge in [0.05, 0.1) is 11.8 Å². The number of ether oxygens (including phenoxy) is 1. The van der Waals surface area contributed by atoms with Crippen LogP contribution in [0, 0.1) is 6.92 Å². The lowest BCUT2D eigenvalue weighted by Gasteiger charge is -2.15. The number of carboxylic acids is 1. The molecule has 1 saturated carbocycles. The summed E-state index contributed by atoms with van der Waals surface area (Å²) < 4.78 is 5.62. The van der Waals surface area contributed by atoms with Gasteiger partial charge < -0.3 is 9.84 Å². The first-order chi connectivity index (χ1) is 10.6. The molecular formula is C16H22N2O3S. The van der Waals surface area contributed by atoms with Crippen LogP contribution in [0.4, 0.5) is 0 Å². The SMILES string of the molecule is Cc1nc(C2CCCC2)nc(SCC2CCCO2)c1C(=O)O. The van der Waals surface area contributed by atoms with Crippen molar-refractivity contribution in [3.63, 3.8) is 0 Å². The Kier molecular flexibility index (Phi) is 4.98.